The number of carbonyl (C=O) groups excluding carboxylic acids is 1. The molecule has 0 aliphatic heterocycles. The molecule has 0 saturated heterocycles. The molecule has 1 amide bonds. The van der Waals surface area contributed by atoms with E-state index in [2.05, 4.69) is 23.2 Å². The lowest BCUT2D eigenvalue weighted by Crippen LogP contribution is -2.33. The fourth-order valence-corrected chi connectivity index (χ4v) is 2.42. The van der Waals surface area contributed by atoms with Crippen LogP contribution in [0.3, 0.4) is 0 Å². The van der Waals surface area contributed by atoms with Gasteiger partial charge in [-0.3, -0.25) is 4.79 Å². The van der Waals surface area contributed by atoms with Gasteiger partial charge in [-0.05, 0) is 44.7 Å². The van der Waals surface area contributed by atoms with Gasteiger partial charge in [-0.25, -0.2) is 0 Å². The van der Waals surface area contributed by atoms with E-state index in [0.29, 0.717) is 24.0 Å². The summed E-state index contributed by atoms with van der Waals surface area (Å²) in [6.45, 7) is 1.57. The highest BCUT2D eigenvalue weighted by Crippen LogP contribution is 2.53. The number of nitrogens with one attached hydrogen (secondary N) is 1. The van der Waals surface area contributed by atoms with Gasteiger partial charge in [0, 0.05) is 11.6 Å². The molecule has 22 heavy (non-hydrogen) atoms. The molecule has 0 spiro atoms. The molecule has 2 aliphatic rings. The van der Waals surface area contributed by atoms with Crippen LogP contribution < -0.4 is 5.32 Å². The first-order valence-electron chi connectivity index (χ1n) is 7.54. The van der Waals surface area contributed by atoms with Gasteiger partial charge in [-0.1, -0.05) is 24.0 Å². The second-order valence-corrected chi connectivity index (χ2v) is 6.31. The molecule has 112 valence electrons. The van der Waals surface area contributed by atoms with Gasteiger partial charge in [0.2, 0.25) is 0 Å². The number of carbonyl (C=O) groups is 1. The van der Waals surface area contributed by atoms with Crippen molar-refractivity contribution in [2.45, 2.75) is 44.2 Å². The minimum absolute atomic E-state index is 0.131. The minimum atomic E-state index is -1.36. The van der Waals surface area contributed by atoms with Gasteiger partial charge in [-0.2, -0.15) is 5.26 Å². The molecule has 0 bridgehead atoms. The SMILES string of the molecule is C[C@](O)(C#Cc1ccccc1C(=O)NC1CC1)C1(C#N)CC1. The molecule has 2 fully saturated rings. The van der Waals surface area contributed by atoms with Crippen molar-refractivity contribution in [2.75, 3.05) is 0 Å². The summed E-state index contributed by atoms with van der Waals surface area (Å²) in [5, 5.41) is 22.6. The van der Waals surface area contributed by atoms with E-state index >= 15 is 0 Å². The van der Waals surface area contributed by atoms with Crippen molar-refractivity contribution < 1.29 is 9.90 Å². The zero-order valence-electron chi connectivity index (χ0n) is 12.5. The topological polar surface area (TPSA) is 73.1 Å². The van der Waals surface area contributed by atoms with Gasteiger partial charge in [0.25, 0.3) is 5.91 Å². The van der Waals surface area contributed by atoms with Gasteiger partial charge in [-0.15, -0.1) is 0 Å². The number of nitrogens with zero attached hydrogens (tertiary/aromatic N) is 1. The average molecular weight is 294 g/mol. The zero-order valence-corrected chi connectivity index (χ0v) is 12.5. The van der Waals surface area contributed by atoms with Crippen LogP contribution in [0.25, 0.3) is 0 Å². The van der Waals surface area contributed by atoms with Crippen LogP contribution in [0, 0.1) is 28.6 Å². The van der Waals surface area contributed by atoms with Crippen LogP contribution >= 0.6 is 0 Å². The minimum Gasteiger partial charge on any atom is -0.376 e. The van der Waals surface area contributed by atoms with Crippen molar-refractivity contribution in [3.05, 3.63) is 35.4 Å². The molecule has 1 aromatic rings. The second kappa shape index (κ2) is 5.16. The van der Waals surface area contributed by atoms with Crippen molar-refractivity contribution in [2.24, 2.45) is 5.41 Å². The Hall–Kier alpha value is -2.30. The molecule has 0 aromatic heterocycles. The molecule has 2 saturated carbocycles. The Balaban J connectivity index is 1.86. The quantitative estimate of drug-likeness (QED) is 0.837. The van der Waals surface area contributed by atoms with Crippen LogP contribution in [0.4, 0.5) is 0 Å². The fraction of sp³-hybridized carbons (Fsp3) is 0.444. The molecular weight excluding hydrogens is 276 g/mol. The van der Waals surface area contributed by atoms with Crippen molar-refractivity contribution in [3.63, 3.8) is 0 Å². The molecule has 4 nitrogen and oxygen atoms in total. The van der Waals surface area contributed by atoms with Gasteiger partial charge in [0.05, 0.1) is 17.0 Å². The summed E-state index contributed by atoms with van der Waals surface area (Å²) in [4.78, 5) is 12.2. The van der Waals surface area contributed by atoms with E-state index in [9.17, 15) is 15.2 Å². The summed E-state index contributed by atoms with van der Waals surface area (Å²) in [5.74, 6) is 5.56. The van der Waals surface area contributed by atoms with Crippen LogP contribution in [0.2, 0.25) is 0 Å². The van der Waals surface area contributed by atoms with Gasteiger partial charge < -0.3 is 10.4 Å². The largest absolute Gasteiger partial charge is 0.376 e. The Bertz CT molecular complexity index is 711. The molecule has 1 atom stereocenters. The predicted octanol–water partition coefficient (Wildman–Crippen LogP) is 1.99. The number of amides is 1. The zero-order chi connectivity index (χ0) is 15.8. The molecule has 4 heteroatoms. The molecule has 1 aromatic carbocycles. The third-order valence-corrected chi connectivity index (χ3v) is 4.42. The summed E-state index contributed by atoms with van der Waals surface area (Å²) in [7, 11) is 0. The summed E-state index contributed by atoms with van der Waals surface area (Å²) >= 11 is 0. The number of hydrogen-bond acceptors (Lipinski definition) is 3. The molecular formula is C18H18N2O2. The van der Waals surface area contributed by atoms with Gasteiger partial charge >= 0.3 is 0 Å². The van der Waals surface area contributed by atoms with E-state index in [1.807, 2.05) is 6.07 Å². The van der Waals surface area contributed by atoms with Crippen molar-refractivity contribution >= 4 is 5.91 Å². The first-order chi connectivity index (χ1) is 10.5. The second-order valence-electron chi connectivity index (χ2n) is 6.31. The summed E-state index contributed by atoms with van der Waals surface area (Å²) in [5.41, 5.74) is -1.03. The van der Waals surface area contributed by atoms with Gasteiger partial charge in [0.15, 0.2) is 0 Å². The first kappa shape index (κ1) is 14.6. The average Bonchev–Trinajstić information content (AvgIpc) is 3.39. The Kier molecular flexibility index (Phi) is 3.43. The lowest BCUT2D eigenvalue weighted by molar-refractivity contribution is 0.0682. The highest BCUT2D eigenvalue weighted by Gasteiger charge is 2.56. The molecule has 0 unspecified atom stereocenters. The maximum atomic E-state index is 12.2. The lowest BCUT2D eigenvalue weighted by Gasteiger charge is -2.21. The number of hydrogen-bond donors (Lipinski definition) is 2. The van der Waals surface area contributed by atoms with Crippen LogP contribution in [0.15, 0.2) is 24.3 Å². The lowest BCUT2D eigenvalue weighted by atomic mass is 9.87. The van der Waals surface area contributed by atoms with Crippen LogP contribution in [0.5, 0.6) is 0 Å². The number of aliphatic hydroxyl groups is 1. The Morgan fingerprint density at radius 3 is 2.68 bits per heavy atom. The highest BCUT2D eigenvalue weighted by atomic mass is 16.3. The predicted molar refractivity (Wildman–Crippen MR) is 81.7 cm³/mol. The van der Waals surface area contributed by atoms with E-state index in [4.69, 9.17) is 0 Å². The normalized spacial score (nSPS) is 20.8. The highest BCUT2D eigenvalue weighted by molar-refractivity contribution is 5.97. The molecule has 0 heterocycles. The van der Waals surface area contributed by atoms with Gasteiger partial charge in [0.1, 0.15) is 5.60 Å². The monoisotopic (exact) mass is 294 g/mol. The summed E-state index contributed by atoms with van der Waals surface area (Å²) in [6, 6.07) is 9.55. The Labute approximate surface area is 130 Å². The van der Waals surface area contributed by atoms with Crippen LogP contribution in [-0.2, 0) is 0 Å². The van der Waals surface area contributed by atoms with Crippen LogP contribution in [-0.4, -0.2) is 22.7 Å². The van der Waals surface area contributed by atoms with Crippen molar-refractivity contribution in [1.82, 2.24) is 5.32 Å². The van der Waals surface area contributed by atoms with E-state index < -0.39 is 11.0 Å². The molecule has 2 N–H and O–H groups in total. The maximum absolute atomic E-state index is 12.2. The van der Waals surface area contributed by atoms with E-state index in [0.717, 1.165) is 12.8 Å². The third kappa shape index (κ3) is 2.71. The summed E-state index contributed by atoms with van der Waals surface area (Å²) < 4.78 is 0. The van der Waals surface area contributed by atoms with Crippen molar-refractivity contribution in [3.8, 4) is 17.9 Å². The van der Waals surface area contributed by atoms with Crippen LogP contribution in [0.1, 0.15) is 48.5 Å². The fourth-order valence-electron chi connectivity index (χ4n) is 2.42. The standard InChI is InChI=1S/C18H18N2O2/c1-17(22,18(12-19)10-11-18)9-8-13-4-2-3-5-15(13)16(21)20-14-6-7-14/h2-5,14,22H,6-7,10-11H2,1H3,(H,20,21)/t17-/m0/s1. The number of benzene rings is 1. The third-order valence-electron chi connectivity index (χ3n) is 4.42. The van der Waals surface area contributed by atoms with E-state index in [1.54, 1.807) is 25.1 Å². The van der Waals surface area contributed by atoms with E-state index in [-0.39, 0.29) is 11.9 Å². The Morgan fingerprint density at radius 2 is 2.09 bits per heavy atom. The molecule has 3 rings (SSSR count). The maximum Gasteiger partial charge on any atom is 0.252 e. The molecule has 0 radical (unpaired) electrons. The molecule has 2 aliphatic carbocycles. The van der Waals surface area contributed by atoms with E-state index in [1.165, 1.54) is 0 Å². The number of rotatable bonds is 3. The Morgan fingerprint density at radius 1 is 1.41 bits per heavy atom. The summed E-state index contributed by atoms with van der Waals surface area (Å²) in [6.07, 6.45) is 3.38. The smallest absolute Gasteiger partial charge is 0.252 e. The first-order valence-corrected chi connectivity index (χ1v) is 7.54. The van der Waals surface area contributed by atoms with Crippen molar-refractivity contribution in [1.29, 1.82) is 5.26 Å². The number of nitriles is 1.